The molecule has 2 heterocycles. The summed E-state index contributed by atoms with van der Waals surface area (Å²) in [6, 6.07) is 2.99. The number of carboxylic acids is 1. The minimum Gasteiger partial charge on any atom is -0.477 e. The van der Waals surface area contributed by atoms with Crippen LogP contribution < -0.4 is 5.32 Å². The maximum absolute atomic E-state index is 11.8. The molecule has 1 aromatic rings. The lowest BCUT2D eigenvalue weighted by molar-refractivity contribution is 0.0536. The van der Waals surface area contributed by atoms with Gasteiger partial charge in [0.05, 0.1) is 11.5 Å². The third-order valence-corrected chi connectivity index (χ3v) is 3.92. The van der Waals surface area contributed by atoms with E-state index < -0.39 is 5.97 Å². The second-order valence-electron chi connectivity index (χ2n) is 4.26. The Morgan fingerprint density at radius 2 is 2.22 bits per heavy atom. The van der Waals surface area contributed by atoms with Crippen LogP contribution in [0, 0.1) is 5.92 Å². The van der Waals surface area contributed by atoms with Crippen LogP contribution in [0.25, 0.3) is 0 Å². The molecular formula is C12H15NO4S. The molecule has 0 bridgehead atoms. The maximum atomic E-state index is 11.8. The van der Waals surface area contributed by atoms with Gasteiger partial charge in [0.1, 0.15) is 4.88 Å². The highest BCUT2D eigenvalue weighted by molar-refractivity contribution is 7.15. The van der Waals surface area contributed by atoms with Crippen LogP contribution >= 0.6 is 11.3 Å². The summed E-state index contributed by atoms with van der Waals surface area (Å²) in [4.78, 5) is 23.1. The van der Waals surface area contributed by atoms with Crippen LogP contribution in [0.4, 0.5) is 0 Å². The minimum atomic E-state index is -1.00. The third-order valence-electron chi connectivity index (χ3n) is 2.85. The van der Waals surface area contributed by atoms with Gasteiger partial charge in [-0.05, 0) is 30.9 Å². The Labute approximate surface area is 109 Å². The highest BCUT2D eigenvalue weighted by Gasteiger charge is 2.17. The number of carbonyl (C=O) groups excluding carboxylic acids is 1. The molecule has 1 saturated heterocycles. The fraction of sp³-hybridized carbons (Fsp3) is 0.500. The first-order valence-electron chi connectivity index (χ1n) is 5.86. The van der Waals surface area contributed by atoms with Gasteiger partial charge < -0.3 is 15.2 Å². The average Bonchev–Trinajstić information content (AvgIpc) is 2.87. The average molecular weight is 269 g/mol. The van der Waals surface area contributed by atoms with Crippen molar-refractivity contribution in [2.75, 3.05) is 19.8 Å². The van der Waals surface area contributed by atoms with E-state index in [0.29, 0.717) is 23.9 Å². The Balaban J connectivity index is 1.84. The summed E-state index contributed by atoms with van der Waals surface area (Å²) < 4.78 is 5.33. The summed E-state index contributed by atoms with van der Waals surface area (Å²) in [6.07, 6.45) is 2.09. The number of carboxylic acid groups (broad SMARTS) is 1. The van der Waals surface area contributed by atoms with Crippen LogP contribution in [0.15, 0.2) is 12.1 Å². The molecule has 1 amide bonds. The van der Waals surface area contributed by atoms with Crippen molar-refractivity contribution < 1.29 is 19.4 Å². The molecule has 0 spiro atoms. The minimum absolute atomic E-state index is 0.182. The maximum Gasteiger partial charge on any atom is 0.345 e. The molecule has 1 unspecified atom stereocenters. The lowest BCUT2D eigenvalue weighted by Gasteiger charge is -2.21. The molecular weight excluding hydrogens is 254 g/mol. The monoisotopic (exact) mass is 269 g/mol. The quantitative estimate of drug-likeness (QED) is 0.870. The van der Waals surface area contributed by atoms with Gasteiger partial charge in [0.25, 0.3) is 5.91 Å². The predicted octanol–water partition coefficient (Wildman–Crippen LogP) is 1.60. The van der Waals surface area contributed by atoms with Crippen molar-refractivity contribution in [1.82, 2.24) is 5.32 Å². The summed E-state index contributed by atoms with van der Waals surface area (Å²) in [5.41, 5.74) is 0. The largest absolute Gasteiger partial charge is 0.477 e. The van der Waals surface area contributed by atoms with Crippen LogP contribution in [0.1, 0.15) is 32.2 Å². The first-order chi connectivity index (χ1) is 8.66. The number of ether oxygens (including phenoxy) is 1. The Hall–Kier alpha value is -1.40. The van der Waals surface area contributed by atoms with Gasteiger partial charge in [-0.3, -0.25) is 4.79 Å². The smallest absolute Gasteiger partial charge is 0.345 e. The molecule has 5 nitrogen and oxygen atoms in total. The number of thiophene rings is 1. The van der Waals surface area contributed by atoms with Crippen LogP contribution in [0.5, 0.6) is 0 Å². The molecule has 0 aliphatic carbocycles. The lowest BCUT2D eigenvalue weighted by atomic mass is 10.0. The fourth-order valence-electron chi connectivity index (χ4n) is 1.87. The standard InChI is InChI=1S/C12H15NO4S/c14-11(9-3-4-10(18-9)12(15)16)13-6-8-2-1-5-17-7-8/h3-4,8H,1-2,5-7H2,(H,13,14)(H,15,16). The number of nitrogens with one attached hydrogen (secondary N) is 1. The molecule has 1 atom stereocenters. The first-order valence-corrected chi connectivity index (χ1v) is 6.67. The molecule has 2 N–H and O–H groups in total. The van der Waals surface area contributed by atoms with E-state index >= 15 is 0 Å². The Morgan fingerprint density at radius 3 is 2.83 bits per heavy atom. The number of amides is 1. The Kier molecular flexibility index (Phi) is 4.33. The van der Waals surface area contributed by atoms with Gasteiger partial charge in [-0.2, -0.15) is 0 Å². The number of hydrogen-bond acceptors (Lipinski definition) is 4. The second kappa shape index (κ2) is 5.97. The normalized spacial score (nSPS) is 19.4. The van der Waals surface area contributed by atoms with Crippen molar-refractivity contribution in [3.63, 3.8) is 0 Å². The van der Waals surface area contributed by atoms with Crippen LogP contribution in [0.2, 0.25) is 0 Å². The zero-order chi connectivity index (χ0) is 13.0. The summed E-state index contributed by atoms with van der Waals surface area (Å²) in [7, 11) is 0. The first kappa shape index (κ1) is 13.0. The van der Waals surface area contributed by atoms with Crippen LogP contribution in [0.3, 0.4) is 0 Å². The van der Waals surface area contributed by atoms with Crippen molar-refractivity contribution in [2.24, 2.45) is 5.92 Å². The Bertz CT molecular complexity index is 437. The molecule has 1 aliphatic rings. The van der Waals surface area contributed by atoms with E-state index in [4.69, 9.17) is 9.84 Å². The van der Waals surface area contributed by atoms with Gasteiger partial charge in [-0.15, -0.1) is 11.3 Å². The van der Waals surface area contributed by atoms with Gasteiger partial charge >= 0.3 is 5.97 Å². The number of aromatic carboxylic acids is 1. The molecule has 0 aromatic carbocycles. The molecule has 1 aliphatic heterocycles. The SMILES string of the molecule is O=C(O)c1ccc(C(=O)NCC2CCCOC2)s1. The van der Waals surface area contributed by atoms with Crippen molar-refractivity contribution in [1.29, 1.82) is 0 Å². The van der Waals surface area contributed by atoms with Crippen molar-refractivity contribution >= 4 is 23.2 Å². The molecule has 1 fully saturated rings. The number of carbonyl (C=O) groups is 2. The summed E-state index contributed by atoms with van der Waals surface area (Å²) in [5, 5.41) is 11.6. The van der Waals surface area contributed by atoms with Gasteiger partial charge in [0.2, 0.25) is 0 Å². The molecule has 98 valence electrons. The highest BCUT2D eigenvalue weighted by Crippen LogP contribution is 2.17. The molecule has 0 saturated carbocycles. The summed E-state index contributed by atoms with van der Waals surface area (Å²) in [6.45, 7) is 2.07. The van der Waals surface area contributed by atoms with Gasteiger partial charge in [-0.1, -0.05) is 0 Å². The van der Waals surface area contributed by atoms with Gasteiger partial charge in [0, 0.05) is 13.2 Å². The van der Waals surface area contributed by atoms with Crippen molar-refractivity contribution in [3.05, 3.63) is 21.9 Å². The fourth-order valence-corrected chi connectivity index (χ4v) is 2.63. The second-order valence-corrected chi connectivity index (χ2v) is 5.35. The Morgan fingerprint density at radius 1 is 1.44 bits per heavy atom. The van der Waals surface area contributed by atoms with Crippen molar-refractivity contribution in [2.45, 2.75) is 12.8 Å². The topological polar surface area (TPSA) is 75.6 Å². The number of hydrogen-bond donors (Lipinski definition) is 2. The van der Waals surface area contributed by atoms with E-state index in [1.54, 1.807) is 6.07 Å². The zero-order valence-electron chi connectivity index (χ0n) is 9.85. The summed E-state index contributed by atoms with van der Waals surface area (Å²) >= 11 is 0.993. The van der Waals surface area contributed by atoms with Crippen LogP contribution in [-0.2, 0) is 4.74 Å². The van der Waals surface area contributed by atoms with E-state index in [2.05, 4.69) is 5.32 Å². The zero-order valence-corrected chi connectivity index (χ0v) is 10.7. The highest BCUT2D eigenvalue weighted by atomic mass is 32.1. The molecule has 1 aromatic heterocycles. The lowest BCUT2D eigenvalue weighted by Crippen LogP contribution is -2.32. The molecule has 18 heavy (non-hydrogen) atoms. The van der Waals surface area contributed by atoms with Crippen molar-refractivity contribution in [3.8, 4) is 0 Å². The predicted molar refractivity (Wildman–Crippen MR) is 67.2 cm³/mol. The van der Waals surface area contributed by atoms with E-state index in [9.17, 15) is 9.59 Å². The molecule has 0 radical (unpaired) electrons. The van der Waals surface area contributed by atoms with E-state index in [1.165, 1.54) is 6.07 Å². The van der Waals surface area contributed by atoms with E-state index in [0.717, 1.165) is 30.8 Å². The van der Waals surface area contributed by atoms with E-state index in [1.807, 2.05) is 0 Å². The van der Waals surface area contributed by atoms with Gasteiger partial charge in [0.15, 0.2) is 0 Å². The molecule has 2 rings (SSSR count). The summed E-state index contributed by atoms with van der Waals surface area (Å²) in [5.74, 6) is -0.848. The third kappa shape index (κ3) is 3.30. The van der Waals surface area contributed by atoms with Gasteiger partial charge in [-0.25, -0.2) is 4.79 Å². The van der Waals surface area contributed by atoms with E-state index in [-0.39, 0.29) is 10.8 Å². The molecule has 6 heteroatoms. The number of rotatable bonds is 4. The van der Waals surface area contributed by atoms with Crippen LogP contribution in [-0.4, -0.2) is 36.7 Å².